The van der Waals surface area contributed by atoms with E-state index in [4.69, 9.17) is 9.84 Å². The van der Waals surface area contributed by atoms with E-state index in [-0.39, 0.29) is 22.3 Å². The summed E-state index contributed by atoms with van der Waals surface area (Å²) in [6.45, 7) is 3.83. The number of ether oxygens (including phenoxy) is 1. The van der Waals surface area contributed by atoms with E-state index in [9.17, 15) is 13.2 Å². The van der Waals surface area contributed by atoms with Crippen LogP contribution in [0.2, 0.25) is 0 Å². The van der Waals surface area contributed by atoms with E-state index in [1.54, 1.807) is 0 Å². The molecule has 0 saturated heterocycles. The first-order valence-corrected chi connectivity index (χ1v) is 8.12. The highest BCUT2D eigenvalue weighted by molar-refractivity contribution is 7.89. The lowest BCUT2D eigenvalue weighted by atomic mass is 10.2. The number of benzene rings is 1. The molecule has 0 aliphatic carbocycles. The van der Waals surface area contributed by atoms with Crippen molar-refractivity contribution < 1.29 is 23.1 Å². The average molecular weight is 315 g/mol. The molecule has 0 radical (unpaired) electrons. The van der Waals surface area contributed by atoms with Gasteiger partial charge in [0.05, 0.1) is 12.0 Å². The smallest absolute Gasteiger partial charge is 0.339 e. The van der Waals surface area contributed by atoms with Gasteiger partial charge in [-0.2, -0.15) is 4.31 Å². The first-order valence-electron chi connectivity index (χ1n) is 6.68. The molecule has 7 heteroatoms. The predicted molar refractivity (Wildman–Crippen MR) is 79.3 cm³/mol. The minimum Gasteiger partial charge on any atom is -0.496 e. The van der Waals surface area contributed by atoms with Crippen LogP contribution in [0.3, 0.4) is 0 Å². The van der Waals surface area contributed by atoms with Crippen LogP contribution in [0.15, 0.2) is 23.1 Å². The molecule has 0 unspecified atom stereocenters. The Morgan fingerprint density at radius 2 is 1.90 bits per heavy atom. The third-order valence-electron chi connectivity index (χ3n) is 3.54. The van der Waals surface area contributed by atoms with E-state index < -0.39 is 16.0 Å². The first-order chi connectivity index (χ1) is 9.79. The van der Waals surface area contributed by atoms with Gasteiger partial charge in [0.1, 0.15) is 11.3 Å². The van der Waals surface area contributed by atoms with Crippen LogP contribution in [-0.4, -0.2) is 44.0 Å². The number of nitrogens with zero attached hydrogens (tertiary/aromatic N) is 1. The molecule has 0 atom stereocenters. The van der Waals surface area contributed by atoms with E-state index in [1.807, 2.05) is 13.8 Å². The molecule has 0 aromatic heterocycles. The summed E-state index contributed by atoms with van der Waals surface area (Å²) >= 11 is 0. The van der Waals surface area contributed by atoms with Crippen molar-refractivity contribution in [2.45, 2.75) is 37.6 Å². The van der Waals surface area contributed by atoms with Gasteiger partial charge in [0.2, 0.25) is 10.0 Å². The number of carboxylic acid groups (broad SMARTS) is 1. The Morgan fingerprint density at radius 3 is 2.33 bits per heavy atom. The van der Waals surface area contributed by atoms with Gasteiger partial charge in [-0.15, -0.1) is 0 Å². The maximum Gasteiger partial charge on any atom is 0.339 e. The summed E-state index contributed by atoms with van der Waals surface area (Å²) in [5, 5.41) is 9.14. The molecule has 0 saturated carbocycles. The quantitative estimate of drug-likeness (QED) is 0.834. The monoisotopic (exact) mass is 315 g/mol. The van der Waals surface area contributed by atoms with E-state index in [0.29, 0.717) is 12.8 Å². The Hall–Kier alpha value is -1.60. The lowest BCUT2D eigenvalue weighted by Crippen LogP contribution is -2.36. The number of aromatic carboxylic acids is 1. The molecule has 1 rings (SSSR count). The Morgan fingerprint density at radius 1 is 1.33 bits per heavy atom. The molecular formula is C14H21NO5S. The summed E-state index contributed by atoms with van der Waals surface area (Å²) in [5.74, 6) is -1.10. The number of carboxylic acids is 1. The van der Waals surface area contributed by atoms with E-state index in [2.05, 4.69) is 0 Å². The topological polar surface area (TPSA) is 83.9 Å². The second-order valence-corrected chi connectivity index (χ2v) is 6.66. The van der Waals surface area contributed by atoms with Crippen molar-refractivity contribution in [1.82, 2.24) is 4.31 Å². The van der Waals surface area contributed by atoms with Gasteiger partial charge in [0.25, 0.3) is 0 Å². The third kappa shape index (κ3) is 3.54. The van der Waals surface area contributed by atoms with Gasteiger partial charge in [0.15, 0.2) is 0 Å². The summed E-state index contributed by atoms with van der Waals surface area (Å²) < 4.78 is 31.3. The average Bonchev–Trinajstić information content (AvgIpc) is 2.47. The fourth-order valence-corrected chi connectivity index (χ4v) is 3.71. The number of sulfonamides is 1. The molecule has 0 aliphatic heterocycles. The van der Waals surface area contributed by atoms with E-state index >= 15 is 0 Å². The Labute approximate surface area is 125 Å². The van der Waals surface area contributed by atoms with Gasteiger partial charge >= 0.3 is 5.97 Å². The largest absolute Gasteiger partial charge is 0.496 e. The van der Waals surface area contributed by atoms with Crippen LogP contribution in [0, 0.1) is 0 Å². The van der Waals surface area contributed by atoms with Crippen LogP contribution in [-0.2, 0) is 10.0 Å². The zero-order valence-electron chi connectivity index (χ0n) is 12.7. The zero-order valence-corrected chi connectivity index (χ0v) is 13.5. The minimum absolute atomic E-state index is 0.0462. The highest BCUT2D eigenvalue weighted by Crippen LogP contribution is 2.25. The lowest BCUT2D eigenvalue weighted by molar-refractivity contribution is 0.0693. The van der Waals surface area contributed by atoms with Crippen LogP contribution < -0.4 is 4.74 Å². The Bertz CT molecular complexity index is 608. The van der Waals surface area contributed by atoms with Crippen LogP contribution in [0.4, 0.5) is 0 Å². The molecular weight excluding hydrogens is 294 g/mol. The van der Waals surface area contributed by atoms with Crippen molar-refractivity contribution in [1.29, 1.82) is 0 Å². The van der Waals surface area contributed by atoms with Crippen LogP contribution in [0.5, 0.6) is 5.75 Å². The third-order valence-corrected chi connectivity index (χ3v) is 5.44. The van der Waals surface area contributed by atoms with Crippen LogP contribution in [0.1, 0.15) is 37.0 Å². The number of methoxy groups -OCH3 is 1. The molecule has 0 bridgehead atoms. The molecule has 0 heterocycles. The maximum absolute atomic E-state index is 12.6. The van der Waals surface area contributed by atoms with Crippen molar-refractivity contribution in [3.05, 3.63) is 23.8 Å². The van der Waals surface area contributed by atoms with E-state index in [0.717, 1.165) is 6.07 Å². The number of rotatable bonds is 7. The molecule has 0 amide bonds. The lowest BCUT2D eigenvalue weighted by Gasteiger charge is -2.25. The highest BCUT2D eigenvalue weighted by atomic mass is 32.2. The van der Waals surface area contributed by atoms with Crippen LogP contribution >= 0.6 is 0 Å². The summed E-state index contributed by atoms with van der Waals surface area (Å²) in [7, 11) is -0.878. The van der Waals surface area contributed by atoms with Crippen molar-refractivity contribution in [3.63, 3.8) is 0 Å². The molecule has 0 aliphatic rings. The highest BCUT2D eigenvalue weighted by Gasteiger charge is 2.27. The van der Waals surface area contributed by atoms with E-state index in [1.165, 1.54) is 30.6 Å². The van der Waals surface area contributed by atoms with Crippen LogP contribution in [0.25, 0.3) is 0 Å². The molecule has 118 valence electrons. The number of hydrogen-bond donors (Lipinski definition) is 1. The standard InChI is InChI=1S/C14H21NO5S/c1-5-10(6-2)15(3)21(18,19)11-7-8-13(20-4)12(9-11)14(16)17/h7-10H,5-6H2,1-4H3,(H,16,17). The van der Waals surface area contributed by atoms with Crippen molar-refractivity contribution >= 4 is 16.0 Å². The molecule has 1 N–H and O–H groups in total. The fourth-order valence-electron chi connectivity index (χ4n) is 2.18. The maximum atomic E-state index is 12.6. The van der Waals surface area contributed by atoms with Crippen molar-refractivity contribution in [2.75, 3.05) is 14.2 Å². The summed E-state index contributed by atoms with van der Waals surface area (Å²) in [4.78, 5) is 11.1. The summed E-state index contributed by atoms with van der Waals surface area (Å²) in [5.41, 5.74) is -0.170. The molecule has 1 aromatic rings. The molecule has 0 fully saturated rings. The second kappa shape index (κ2) is 6.91. The molecule has 1 aromatic carbocycles. The zero-order chi connectivity index (χ0) is 16.2. The SMILES string of the molecule is CCC(CC)N(C)S(=O)(=O)c1ccc(OC)c(C(=O)O)c1. The molecule has 21 heavy (non-hydrogen) atoms. The predicted octanol–water partition coefficient (Wildman–Crippen LogP) is 2.20. The molecule has 6 nitrogen and oxygen atoms in total. The second-order valence-electron chi connectivity index (χ2n) is 4.66. The fraction of sp³-hybridized carbons (Fsp3) is 0.500. The van der Waals surface area contributed by atoms with Gasteiger partial charge in [-0.05, 0) is 31.0 Å². The number of carbonyl (C=O) groups is 1. The van der Waals surface area contributed by atoms with Gasteiger partial charge in [-0.3, -0.25) is 0 Å². The van der Waals surface area contributed by atoms with Crippen molar-refractivity contribution in [3.8, 4) is 5.75 Å². The number of hydrogen-bond acceptors (Lipinski definition) is 4. The minimum atomic E-state index is -3.73. The Balaban J connectivity index is 3.32. The van der Waals surface area contributed by atoms with Gasteiger partial charge in [0, 0.05) is 13.1 Å². The normalized spacial score (nSPS) is 11.9. The summed E-state index contributed by atoms with van der Waals surface area (Å²) in [6.07, 6.45) is 1.38. The Kier molecular flexibility index (Phi) is 5.74. The van der Waals surface area contributed by atoms with Gasteiger partial charge in [-0.25, -0.2) is 13.2 Å². The summed E-state index contributed by atoms with van der Waals surface area (Å²) in [6, 6.07) is 3.73. The van der Waals surface area contributed by atoms with Gasteiger partial charge < -0.3 is 9.84 Å². The molecule has 0 spiro atoms. The van der Waals surface area contributed by atoms with Gasteiger partial charge in [-0.1, -0.05) is 13.8 Å². The first kappa shape index (κ1) is 17.5. The van der Waals surface area contributed by atoms with Crippen molar-refractivity contribution in [2.24, 2.45) is 0 Å².